The van der Waals surface area contributed by atoms with Gasteiger partial charge in [-0.05, 0) is 62.7 Å². The Balaban J connectivity index is 2.18. The van der Waals surface area contributed by atoms with E-state index in [1.807, 2.05) is 13.8 Å². The van der Waals surface area contributed by atoms with Crippen molar-refractivity contribution in [3.8, 4) is 5.75 Å². The van der Waals surface area contributed by atoms with Crippen molar-refractivity contribution in [2.24, 2.45) is 0 Å². The summed E-state index contributed by atoms with van der Waals surface area (Å²) in [4.78, 5) is 26.8. The molecule has 0 saturated heterocycles. The van der Waals surface area contributed by atoms with E-state index >= 15 is 0 Å². The van der Waals surface area contributed by atoms with Crippen LogP contribution in [0.15, 0.2) is 42.5 Å². The topological polar surface area (TPSA) is 58.6 Å². The smallest absolute Gasteiger partial charge is 0.261 e. The van der Waals surface area contributed by atoms with E-state index in [2.05, 4.69) is 5.32 Å². The first-order chi connectivity index (χ1) is 13.7. The molecule has 0 saturated carbocycles. The molecule has 29 heavy (non-hydrogen) atoms. The lowest BCUT2D eigenvalue weighted by atomic mass is 10.1. The van der Waals surface area contributed by atoms with Gasteiger partial charge in [-0.1, -0.05) is 29.3 Å². The molecule has 2 amide bonds. The summed E-state index contributed by atoms with van der Waals surface area (Å²) in [6.45, 7) is 5.11. The number of nitrogens with one attached hydrogen (secondary N) is 1. The van der Waals surface area contributed by atoms with Gasteiger partial charge in [0.25, 0.3) is 5.91 Å². The maximum Gasteiger partial charge on any atom is 0.261 e. The maximum absolute atomic E-state index is 13.0. The molecule has 0 aliphatic carbocycles. The van der Waals surface area contributed by atoms with Gasteiger partial charge in [0.1, 0.15) is 17.6 Å². The summed E-state index contributed by atoms with van der Waals surface area (Å²) in [5.74, 6) is -0.753. The quantitative estimate of drug-likeness (QED) is 0.659. The second-order valence-corrected chi connectivity index (χ2v) is 7.68. The van der Waals surface area contributed by atoms with Gasteiger partial charge in [-0.2, -0.15) is 0 Å². The van der Waals surface area contributed by atoms with E-state index in [0.717, 1.165) is 0 Å². The first-order valence-electron chi connectivity index (χ1n) is 9.09. The molecular formula is C21H23Cl2FN2O3. The number of nitrogens with zero attached hydrogens (tertiary/aromatic N) is 1. The second-order valence-electron chi connectivity index (χ2n) is 6.84. The van der Waals surface area contributed by atoms with Gasteiger partial charge < -0.3 is 15.0 Å². The number of carbonyl (C=O) groups is 2. The monoisotopic (exact) mass is 440 g/mol. The van der Waals surface area contributed by atoms with Crippen molar-refractivity contribution < 1.29 is 18.7 Å². The Labute approximate surface area is 179 Å². The Morgan fingerprint density at radius 2 is 1.76 bits per heavy atom. The van der Waals surface area contributed by atoms with Crippen LogP contribution in [0.2, 0.25) is 10.0 Å². The average molecular weight is 441 g/mol. The van der Waals surface area contributed by atoms with Crippen LogP contribution in [0.3, 0.4) is 0 Å². The first kappa shape index (κ1) is 23.0. The predicted octanol–water partition coefficient (Wildman–Crippen LogP) is 4.45. The van der Waals surface area contributed by atoms with Crippen LogP contribution in [-0.2, 0) is 16.1 Å². The maximum atomic E-state index is 13.0. The van der Waals surface area contributed by atoms with Crippen LogP contribution in [0.4, 0.5) is 4.39 Å². The van der Waals surface area contributed by atoms with Crippen molar-refractivity contribution >= 4 is 35.0 Å². The summed E-state index contributed by atoms with van der Waals surface area (Å²) in [6, 6.07) is 9.46. The Morgan fingerprint density at radius 1 is 1.10 bits per heavy atom. The molecule has 1 N–H and O–H groups in total. The lowest BCUT2D eigenvalue weighted by Crippen LogP contribution is -2.50. The highest BCUT2D eigenvalue weighted by molar-refractivity contribution is 6.35. The molecule has 0 fully saturated rings. The number of hydrogen-bond donors (Lipinski definition) is 1. The van der Waals surface area contributed by atoms with E-state index in [-0.39, 0.29) is 25.1 Å². The fraction of sp³-hybridized carbons (Fsp3) is 0.333. The number of benzene rings is 2. The number of hydrogen-bond acceptors (Lipinski definition) is 3. The van der Waals surface area contributed by atoms with Crippen molar-refractivity contribution in [3.05, 3.63) is 63.9 Å². The minimum absolute atomic E-state index is 0.0727. The van der Waals surface area contributed by atoms with Crippen LogP contribution in [0, 0.1) is 5.82 Å². The molecule has 8 heteroatoms. The van der Waals surface area contributed by atoms with Crippen LogP contribution >= 0.6 is 23.2 Å². The van der Waals surface area contributed by atoms with Gasteiger partial charge in [0, 0.05) is 22.6 Å². The minimum Gasteiger partial charge on any atom is -0.484 e. The number of amides is 2. The number of ether oxygens (including phenoxy) is 1. The van der Waals surface area contributed by atoms with E-state index in [1.54, 1.807) is 25.1 Å². The molecule has 1 atom stereocenters. The standard InChI is InChI=1S/C21H23Cl2FN2O3/c1-13(2)25-21(28)14(3)26(11-15-4-5-16(22)10-19(15)23)20(27)12-29-18-8-6-17(24)7-9-18/h4-10,13-14H,11-12H2,1-3H3,(H,25,28)/t14-/m0/s1. The molecule has 5 nitrogen and oxygen atoms in total. The average Bonchev–Trinajstić information content (AvgIpc) is 2.65. The predicted molar refractivity (Wildman–Crippen MR) is 112 cm³/mol. The van der Waals surface area contributed by atoms with Gasteiger partial charge in [-0.25, -0.2) is 4.39 Å². The molecule has 2 rings (SSSR count). The van der Waals surface area contributed by atoms with Crippen molar-refractivity contribution in [1.82, 2.24) is 10.2 Å². The number of carbonyl (C=O) groups excluding carboxylic acids is 2. The van der Waals surface area contributed by atoms with Gasteiger partial charge in [0.2, 0.25) is 5.91 Å². The highest BCUT2D eigenvalue weighted by Crippen LogP contribution is 2.23. The number of halogens is 3. The molecule has 0 aliphatic rings. The molecule has 0 heterocycles. The fourth-order valence-electron chi connectivity index (χ4n) is 2.58. The van der Waals surface area contributed by atoms with Gasteiger partial charge >= 0.3 is 0 Å². The highest BCUT2D eigenvalue weighted by Gasteiger charge is 2.27. The van der Waals surface area contributed by atoms with Gasteiger partial charge in [-0.15, -0.1) is 0 Å². The van der Waals surface area contributed by atoms with Crippen molar-refractivity contribution in [1.29, 1.82) is 0 Å². The zero-order valence-electron chi connectivity index (χ0n) is 16.4. The van der Waals surface area contributed by atoms with E-state index < -0.39 is 17.8 Å². The fourth-order valence-corrected chi connectivity index (χ4v) is 3.05. The molecule has 0 aliphatic heterocycles. The van der Waals surface area contributed by atoms with Crippen LogP contribution in [0.1, 0.15) is 26.3 Å². The normalized spacial score (nSPS) is 11.8. The Hall–Kier alpha value is -2.31. The molecule has 0 radical (unpaired) electrons. The largest absolute Gasteiger partial charge is 0.484 e. The minimum atomic E-state index is -0.756. The molecule has 0 aromatic heterocycles. The van der Waals surface area contributed by atoms with Crippen LogP contribution < -0.4 is 10.1 Å². The van der Waals surface area contributed by atoms with E-state index in [4.69, 9.17) is 27.9 Å². The lowest BCUT2D eigenvalue weighted by Gasteiger charge is -2.29. The summed E-state index contributed by atoms with van der Waals surface area (Å²) < 4.78 is 18.5. The molecule has 0 spiro atoms. The van der Waals surface area contributed by atoms with Crippen molar-refractivity contribution in [2.45, 2.75) is 39.4 Å². The number of rotatable bonds is 8. The third kappa shape index (κ3) is 6.91. The van der Waals surface area contributed by atoms with Gasteiger partial charge in [0.15, 0.2) is 6.61 Å². The lowest BCUT2D eigenvalue weighted by molar-refractivity contribution is -0.142. The molecule has 0 unspecified atom stereocenters. The Bertz CT molecular complexity index is 860. The van der Waals surface area contributed by atoms with Crippen LogP contribution in [-0.4, -0.2) is 35.4 Å². The van der Waals surface area contributed by atoms with Gasteiger partial charge in [0.05, 0.1) is 0 Å². The second kappa shape index (κ2) is 10.5. The summed E-state index contributed by atoms with van der Waals surface area (Å²) in [5, 5.41) is 3.67. The highest BCUT2D eigenvalue weighted by atomic mass is 35.5. The Kier molecular flexibility index (Phi) is 8.29. The van der Waals surface area contributed by atoms with E-state index in [0.29, 0.717) is 21.4 Å². The zero-order valence-corrected chi connectivity index (χ0v) is 17.9. The summed E-state index contributed by atoms with van der Waals surface area (Å²) in [6.07, 6.45) is 0. The van der Waals surface area contributed by atoms with Crippen LogP contribution in [0.25, 0.3) is 0 Å². The van der Waals surface area contributed by atoms with Crippen molar-refractivity contribution in [2.75, 3.05) is 6.61 Å². The Morgan fingerprint density at radius 3 is 2.34 bits per heavy atom. The van der Waals surface area contributed by atoms with Gasteiger partial charge in [-0.3, -0.25) is 9.59 Å². The third-order valence-corrected chi connectivity index (χ3v) is 4.72. The molecule has 2 aromatic carbocycles. The molecule has 2 aromatic rings. The SMILES string of the molecule is CC(C)NC(=O)[C@H](C)N(Cc1ccc(Cl)cc1Cl)C(=O)COc1ccc(F)cc1. The summed E-state index contributed by atoms with van der Waals surface area (Å²) in [5.41, 5.74) is 0.649. The molecule has 156 valence electrons. The third-order valence-electron chi connectivity index (χ3n) is 4.13. The van der Waals surface area contributed by atoms with Crippen LogP contribution in [0.5, 0.6) is 5.75 Å². The van der Waals surface area contributed by atoms with E-state index in [9.17, 15) is 14.0 Å². The van der Waals surface area contributed by atoms with Crippen molar-refractivity contribution in [3.63, 3.8) is 0 Å². The summed E-state index contributed by atoms with van der Waals surface area (Å²) in [7, 11) is 0. The van der Waals surface area contributed by atoms with E-state index in [1.165, 1.54) is 29.2 Å². The molecule has 0 bridgehead atoms. The molecular weight excluding hydrogens is 418 g/mol. The first-order valence-corrected chi connectivity index (χ1v) is 9.85. The zero-order chi connectivity index (χ0) is 21.6. The summed E-state index contributed by atoms with van der Waals surface area (Å²) >= 11 is 12.2.